The van der Waals surface area contributed by atoms with Crippen LogP contribution in [0.3, 0.4) is 0 Å². The van der Waals surface area contributed by atoms with Gasteiger partial charge in [0.2, 0.25) is 0 Å². The number of hydrogen-bond acceptors (Lipinski definition) is 4. The molecule has 3 N–H and O–H groups in total. The highest BCUT2D eigenvalue weighted by atomic mass is 16.5. The summed E-state index contributed by atoms with van der Waals surface area (Å²) in [6.07, 6.45) is 0. The second-order valence-corrected chi connectivity index (χ2v) is 1.88. The molecule has 6 nitrogen and oxygen atoms in total. The van der Waals surface area contributed by atoms with Crippen LogP contribution >= 0.6 is 0 Å². The lowest BCUT2D eigenvalue weighted by Gasteiger charge is -2.13. The number of carbonyl (C=O) groups excluding carboxylic acids is 1. The van der Waals surface area contributed by atoms with Gasteiger partial charge in [-0.15, -0.1) is 0 Å². The van der Waals surface area contributed by atoms with Crippen LogP contribution in [0.4, 0.5) is 0 Å². The van der Waals surface area contributed by atoms with Crippen molar-refractivity contribution in [3.05, 3.63) is 0 Å². The zero-order chi connectivity index (χ0) is 9.23. The quantitative estimate of drug-likeness (QED) is 0.434. The van der Waals surface area contributed by atoms with Gasteiger partial charge in [-0.1, -0.05) is 0 Å². The predicted octanol–water partition coefficient (Wildman–Crippen LogP) is -1.52. The Balaban J connectivity index is 4.99. The molecule has 11 heavy (non-hydrogen) atoms. The molecule has 0 aliphatic heterocycles. The van der Waals surface area contributed by atoms with Gasteiger partial charge >= 0.3 is 17.5 Å². The maximum absolute atomic E-state index is 10.3. The van der Waals surface area contributed by atoms with E-state index in [0.717, 1.165) is 0 Å². The summed E-state index contributed by atoms with van der Waals surface area (Å²) in [4.78, 5) is 30.4. The Morgan fingerprint density at radius 3 is 1.36 bits per heavy atom. The molecule has 6 heteroatoms. The van der Waals surface area contributed by atoms with Crippen molar-refractivity contribution < 1.29 is 29.7 Å². The van der Waals surface area contributed by atoms with Crippen LogP contribution in [0.2, 0.25) is 0 Å². The van der Waals surface area contributed by atoms with Crippen LogP contribution in [0.1, 0.15) is 6.92 Å². The smallest absolute Gasteiger partial charge is 0.355 e. The highest BCUT2D eigenvalue weighted by Gasteiger charge is 2.49. The summed E-state index contributed by atoms with van der Waals surface area (Å²) >= 11 is 0. The molecule has 0 amide bonds. The summed E-state index contributed by atoms with van der Waals surface area (Å²) in [5.74, 6) is -5.51. The van der Waals surface area contributed by atoms with E-state index in [1.807, 2.05) is 0 Å². The van der Waals surface area contributed by atoms with Gasteiger partial charge in [0.25, 0.3) is 0 Å². The highest BCUT2D eigenvalue weighted by Crippen LogP contribution is 2.06. The normalized spacial score (nSPS) is 10.7. The van der Waals surface area contributed by atoms with Crippen LogP contribution in [0, 0.1) is 0 Å². The Kier molecular flexibility index (Phi) is 2.32. The first-order chi connectivity index (χ1) is 4.83. The van der Waals surface area contributed by atoms with Crippen molar-refractivity contribution in [2.24, 2.45) is 0 Å². The molecular weight excluding hydrogens is 156 g/mol. The number of carboxylic acid groups (broad SMARTS) is 2. The molecule has 0 aromatic rings. The molecule has 0 fully saturated rings. The first-order valence-electron chi connectivity index (χ1n) is 2.53. The topological polar surface area (TPSA) is 112 Å². The SMILES string of the molecule is CC(=O)C(O)(C(=O)O)C(=O)O. The Morgan fingerprint density at radius 2 is 1.36 bits per heavy atom. The number of Topliss-reactive ketones (excluding diaryl/α,β-unsaturated/α-hetero) is 1. The molecule has 0 radical (unpaired) electrons. The summed E-state index contributed by atoms with van der Waals surface area (Å²) in [7, 11) is 0. The molecule has 0 aromatic heterocycles. The van der Waals surface area contributed by atoms with Crippen LogP contribution in [-0.2, 0) is 14.4 Å². The van der Waals surface area contributed by atoms with Crippen molar-refractivity contribution in [1.29, 1.82) is 0 Å². The average Bonchev–Trinajstić information content (AvgIpc) is 1.84. The fourth-order valence-electron chi connectivity index (χ4n) is 0.393. The molecule has 0 aliphatic rings. The number of carbonyl (C=O) groups is 3. The minimum atomic E-state index is -3.31. The van der Waals surface area contributed by atoms with Gasteiger partial charge in [0, 0.05) is 0 Å². The Bertz CT molecular complexity index is 181. The largest absolute Gasteiger partial charge is 0.478 e. The van der Waals surface area contributed by atoms with Crippen molar-refractivity contribution in [1.82, 2.24) is 0 Å². The van der Waals surface area contributed by atoms with E-state index in [0.29, 0.717) is 6.92 Å². The Labute approximate surface area is 61.1 Å². The van der Waals surface area contributed by atoms with Gasteiger partial charge in [-0.2, -0.15) is 0 Å². The van der Waals surface area contributed by atoms with Gasteiger partial charge in [-0.25, -0.2) is 9.59 Å². The molecular formula is C5H6O6. The molecule has 62 valence electrons. The summed E-state index contributed by atoms with van der Waals surface area (Å²) in [6.45, 7) is 0.683. The number of aliphatic hydroxyl groups is 1. The average molecular weight is 162 g/mol. The monoisotopic (exact) mass is 162 g/mol. The number of aliphatic carboxylic acids is 2. The minimum Gasteiger partial charge on any atom is -0.478 e. The molecule has 0 heterocycles. The first-order valence-corrected chi connectivity index (χ1v) is 2.53. The fraction of sp³-hybridized carbons (Fsp3) is 0.400. The summed E-state index contributed by atoms with van der Waals surface area (Å²) < 4.78 is 0. The fourth-order valence-corrected chi connectivity index (χ4v) is 0.393. The van der Waals surface area contributed by atoms with Gasteiger partial charge in [0.05, 0.1) is 0 Å². The number of carboxylic acids is 2. The standard InChI is InChI=1S/C5H6O6/c1-2(6)5(11,3(7)8)4(9)10/h11H,1H3,(H,7,8)(H,9,10). The third kappa shape index (κ3) is 1.35. The van der Waals surface area contributed by atoms with E-state index in [-0.39, 0.29) is 0 Å². The van der Waals surface area contributed by atoms with Gasteiger partial charge in [-0.3, -0.25) is 4.79 Å². The van der Waals surface area contributed by atoms with E-state index in [2.05, 4.69) is 0 Å². The van der Waals surface area contributed by atoms with E-state index in [1.165, 1.54) is 0 Å². The van der Waals surface area contributed by atoms with E-state index < -0.39 is 23.3 Å². The molecule has 0 saturated carbocycles. The van der Waals surface area contributed by atoms with Crippen LogP contribution in [0.5, 0.6) is 0 Å². The Morgan fingerprint density at radius 1 is 1.09 bits per heavy atom. The lowest BCUT2D eigenvalue weighted by molar-refractivity contribution is -0.178. The molecule has 0 unspecified atom stereocenters. The third-order valence-electron chi connectivity index (χ3n) is 1.13. The summed E-state index contributed by atoms with van der Waals surface area (Å²) in [6, 6.07) is 0. The van der Waals surface area contributed by atoms with E-state index in [4.69, 9.17) is 15.3 Å². The van der Waals surface area contributed by atoms with Crippen molar-refractivity contribution in [2.75, 3.05) is 0 Å². The molecule has 0 saturated heterocycles. The van der Waals surface area contributed by atoms with Crippen molar-refractivity contribution in [3.63, 3.8) is 0 Å². The molecule has 0 aromatic carbocycles. The van der Waals surface area contributed by atoms with Crippen molar-refractivity contribution in [3.8, 4) is 0 Å². The number of hydrogen-bond donors (Lipinski definition) is 3. The summed E-state index contributed by atoms with van der Waals surface area (Å²) in [5.41, 5.74) is -3.31. The van der Waals surface area contributed by atoms with Crippen LogP contribution in [0.15, 0.2) is 0 Å². The number of ketones is 1. The highest BCUT2D eigenvalue weighted by molar-refractivity contribution is 6.22. The van der Waals surface area contributed by atoms with E-state index in [9.17, 15) is 14.4 Å². The second kappa shape index (κ2) is 2.67. The molecule has 0 spiro atoms. The summed E-state index contributed by atoms with van der Waals surface area (Å²) in [5, 5.41) is 24.9. The minimum absolute atomic E-state index is 0.683. The predicted molar refractivity (Wildman–Crippen MR) is 30.9 cm³/mol. The van der Waals surface area contributed by atoms with E-state index in [1.54, 1.807) is 0 Å². The lowest BCUT2D eigenvalue weighted by atomic mass is 10.0. The van der Waals surface area contributed by atoms with Gasteiger partial charge < -0.3 is 15.3 Å². The maximum atomic E-state index is 10.3. The Hall–Kier alpha value is -1.43. The lowest BCUT2D eigenvalue weighted by Crippen LogP contribution is -2.52. The maximum Gasteiger partial charge on any atom is 0.355 e. The van der Waals surface area contributed by atoms with Crippen molar-refractivity contribution >= 4 is 17.7 Å². The van der Waals surface area contributed by atoms with Crippen molar-refractivity contribution in [2.45, 2.75) is 12.5 Å². The molecule has 0 rings (SSSR count). The van der Waals surface area contributed by atoms with Crippen LogP contribution in [-0.4, -0.2) is 38.6 Å². The van der Waals surface area contributed by atoms with Gasteiger partial charge in [0.1, 0.15) is 0 Å². The second-order valence-electron chi connectivity index (χ2n) is 1.88. The van der Waals surface area contributed by atoms with Gasteiger partial charge in [0.15, 0.2) is 5.78 Å². The third-order valence-corrected chi connectivity index (χ3v) is 1.13. The van der Waals surface area contributed by atoms with Crippen LogP contribution in [0.25, 0.3) is 0 Å². The van der Waals surface area contributed by atoms with Gasteiger partial charge in [-0.05, 0) is 6.92 Å². The van der Waals surface area contributed by atoms with Crippen LogP contribution < -0.4 is 0 Å². The zero-order valence-corrected chi connectivity index (χ0v) is 5.57. The molecule has 0 atom stereocenters. The van der Waals surface area contributed by atoms with E-state index >= 15 is 0 Å². The number of rotatable bonds is 3. The molecule has 0 bridgehead atoms. The first kappa shape index (κ1) is 9.57. The zero-order valence-electron chi connectivity index (χ0n) is 5.57. The molecule has 0 aliphatic carbocycles.